The van der Waals surface area contributed by atoms with Gasteiger partial charge in [-0.3, -0.25) is 0 Å². The highest BCUT2D eigenvalue weighted by Crippen LogP contribution is 2.42. The minimum atomic E-state index is -0.000747. The Labute approximate surface area is 151 Å². The Balaban J connectivity index is 1.76. The van der Waals surface area contributed by atoms with E-state index in [1.54, 1.807) is 0 Å². The molecule has 2 unspecified atom stereocenters. The molecule has 6 heteroatoms. The number of fused-ring (bicyclic) bond motifs is 1. The van der Waals surface area contributed by atoms with Gasteiger partial charge in [0.1, 0.15) is 17.7 Å². The molecule has 26 heavy (non-hydrogen) atoms. The van der Waals surface area contributed by atoms with Crippen LogP contribution in [0.5, 0.6) is 0 Å². The summed E-state index contributed by atoms with van der Waals surface area (Å²) in [7, 11) is 0. The van der Waals surface area contributed by atoms with Gasteiger partial charge in [0, 0.05) is 11.5 Å². The molecule has 1 aromatic carbocycles. The fourth-order valence-electron chi connectivity index (χ4n) is 4.09. The zero-order valence-electron chi connectivity index (χ0n) is 15.5. The predicted molar refractivity (Wildman–Crippen MR) is 99.4 cm³/mol. The van der Waals surface area contributed by atoms with Crippen LogP contribution in [0.15, 0.2) is 21.8 Å². The molecule has 1 fully saturated rings. The molecule has 1 N–H and O–H groups in total. The topological polar surface area (TPSA) is 76.3 Å². The predicted octanol–water partition coefficient (Wildman–Crippen LogP) is 4.59. The molecule has 6 nitrogen and oxygen atoms in total. The van der Waals surface area contributed by atoms with Crippen molar-refractivity contribution in [2.24, 2.45) is 5.16 Å². The number of nitrogens with one attached hydrogen (secondary N) is 1. The number of aryl methyl sites for hydroxylation is 2. The van der Waals surface area contributed by atoms with Crippen LogP contribution in [-0.4, -0.2) is 26.9 Å². The second-order valence-electron chi connectivity index (χ2n) is 7.58. The van der Waals surface area contributed by atoms with Crippen LogP contribution in [0.25, 0.3) is 22.2 Å². The summed E-state index contributed by atoms with van der Waals surface area (Å²) in [5.41, 5.74) is 7.29. The zero-order valence-corrected chi connectivity index (χ0v) is 15.5. The molecule has 2 atom stereocenters. The van der Waals surface area contributed by atoms with Crippen LogP contribution in [0.4, 0.5) is 0 Å². The van der Waals surface area contributed by atoms with Gasteiger partial charge in [-0.25, -0.2) is 4.98 Å². The van der Waals surface area contributed by atoms with Crippen molar-refractivity contribution < 1.29 is 9.36 Å². The second-order valence-corrected chi connectivity index (χ2v) is 7.58. The van der Waals surface area contributed by atoms with Gasteiger partial charge in [-0.2, -0.15) is 0 Å². The monoisotopic (exact) mass is 350 g/mol. The van der Waals surface area contributed by atoms with E-state index in [2.05, 4.69) is 34.4 Å². The van der Waals surface area contributed by atoms with E-state index in [-0.39, 0.29) is 12.0 Å². The highest BCUT2D eigenvalue weighted by molar-refractivity contribution is 5.96. The van der Waals surface area contributed by atoms with Gasteiger partial charge in [0.2, 0.25) is 0 Å². The Hall–Kier alpha value is -2.63. The van der Waals surface area contributed by atoms with Crippen LogP contribution in [0, 0.1) is 13.8 Å². The third-order valence-electron chi connectivity index (χ3n) is 5.54. The molecule has 0 spiro atoms. The summed E-state index contributed by atoms with van der Waals surface area (Å²) in [6.45, 7) is 8.02. The highest BCUT2D eigenvalue weighted by Gasteiger charge is 2.34. The molecule has 0 saturated heterocycles. The molecule has 1 aliphatic carbocycles. The van der Waals surface area contributed by atoms with Crippen LogP contribution in [0.2, 0.25) is 0 Å². The SMILES string of the molecule is CC1=NOC(C)C1c1cc(-c2c(C)noc2C)cc2[nH]c(C3CC3)nc12. The number of H-pyrrole nitrogens is 1. The van der Waals surface area contributed by atoms with E-state index in [1.165, 1.54) is 12.8 Å². The Morgan fingerprint density at radius 3 is 2.58 bits per heavy atom. The maximum absolute atomic E-state index is 5.54. The van der Waals surface area contributed by atoms with E-state index in [0.717, 1.165) is 50.7 Å². The Kier molecular flexibility index (Phi) is 3.26. The van der Waals surface area contributed by atoms with Crippen LogP contribution < -0.4 is 0 Å². The lowest BCUT2D eigenvalue weighted by Gasteiger charge is -2.16. The molecule has 5 rings (SSSR count). The summed E-state index contributed by atoms with van der Waals surface area (Å²) in [6.07, 6.45) is 2.43. The van der Waals surface area contributed by atoms with Crippen LogP contribution >= 0.6 is 0 Å². The number of oxime groups is 1. The van der Waals surface area contributed by atoms with Crippen molar-refractivity contribution in [3.63, 3.8) is 0 Å². The van der Waals surface area contributed by atoms with Crippen LogP contribution in [0.1, 0.15) is 61.4 Å². The molecule has 134 valence electrons. The van der Waals surface area contributed by atoms with Crippen molar-refractivity contribution in [3.8, 4) is 11.1 Å². The summed E-state index contributed by atoms with van der Waals surface area (Å²) in [5.74, 6) is 2.60. The Morgan fingerprint density at radius 1 is 1.15 bits per heavy atom. The molecule has 1 saturated carbocycles. The maximum atomic E-state index is 5.54. The van der Waals surface area contributed by atoms with Crippen molar-refractivity contribution in [1.29, 1.82) is 0 Å². The van der Waals surface area contributed by atoms with Crippen LogP contribution in [0.3, 0.4) is 0 Å². The van der Waals surface area contributed by atoms with Crippen LogP contribution in [-0.2, 0) is 4.84 Å². The maximum Gasteiger partial charge on any atom is 0.141 e. The molecule has 2 aromatic heterocycles. The van der Waals surface area contributed by atoms with Crippen molar-refractivity contribution in [2.75, 3.05) is 0 Å². The minimum absolute atomic E-state index is 0.000747. The second kappa shape index (κ2) is 5.43. The number of nitrogens with zero attached hydrogens (tertiary/aromatic N) is 3. The summed E-state index contributed by atoms with van der Waals surface area (Å²) in [5, 5.41) is 8.34. The van der Waals surface area contributed by atoms with Crippen molar-refractivity contribution in [2.45, 2.75) is 58.5 Å². The average Bonchev–Trinajstić information content (AvgIpc) is 3.17. The van der Waals surface area contributed by atoms with E-state index < -0.39 is 0 Å². The first kappa shape index (κ1) is 15.6. The van der Waals surface area contributed by atoms with Gasteiger partial charge >= 0.3 is 0 Å². The van der Waals surface area contributed by atoms with Gasteiger partial charge in [0.25, 0.3) is 0 Å². The zero-order chi connectivity index (χ0) is 18.0. The lowest BCUT2D eigenvalue weighted by Crippen LogP contribution is -2.17. The van der Waals surface area contributed by atoms with Gasteiger partial charge in [0.15, 0.2) is 0 Å². The third-order valence-corrected chi connectivity index (χ3v) is 5.54. The normalized spacial score (nSPS) is 22.7. The lowest BCUT2D eigenvalue weighted by atomic mass is 9.87. The molecule has 0 bridgehead atoms. The van der Waals surface area contributed by atoms with Gasteiger partial charge in [-0.05, 0) is 63.8 Å². The van der Waals surface area contributed by atoms with Crippen molar-refractivity contribution in [1.82, 2.24) is 15.1 Å². The molecule has 3 aromatic rings. The summed E-state index contributed by atoms with van der Waals surface area (Å²) >= 11 is 0. The smallest absolute Gasteiger partial charge is 0.141 e. The number of benzene rings is 1. The number of aromatic amines is 1. The van der Waals surface area contributed by atoms with Gasteiger partial charge in [-0.15, -0.1) is 0 Å². The summed E-state index contributed by atoms with van der Waals surface area (Å²) in [6, 6.07) is 4.37. The molecule has 3 heterocycles. The van der Waals surface area contributed by atoms with E-state index in [1.807, 2.05) is 20.8 Å². The third kappa shape index (κ3) is 2.28. The highest BCUT2D eigenvalue weighted by atomic mass is 16.6. The molecule has 1 aliphatic heterocycles. The van der Waals surface area contributed by atoms with Gasteiger partial charge in [-0.1, -0.05) is 10.3 Å². The first-order valence-electron chi connectivity index (χ1n) is 9.20. The number of rotatable bonds is 3. The van der Waals surface area contributed by atoms with Crippen molar-refractivity contribution in [3.05, 3.63) is 35.0 Å². The number of imidazole rings is 1. The molecule has 2 aliphatic rings. The standard InChI is InChI=1S/C20H22N4O2/c1-9-17(11(3)25-23-9)14-7-15(18-10(2)24-26-12(18)4)19-16(8-14)21-20(22-19)13-5-6-13/h7-8,12-13,18H,5-6H2,1-4H3,(H,21,22). The fourth-order valence-corrected chi connectivity index (χ4v) is 4.09. The molecule has 0 amide bonds. The number of hydrogen-bond donors (Lipinski definition) is 1. The summed E-state index contributed by atoms with van der Waals surface area (Å²) in [4.78, 5) is 14.0. The Morgan fingerprint density at radius 2 is 1.96 bits per heavy atom. The first-order valence-corrected chi connectivity index (χ1v) is 9.20. The average molecular weight is 350 g/mol. The van der Waals surface area contributed by atoms with Gasteiger partial charge in [0.05, 0.1) is 28.4 Å². The van der Waals surface area contributed by atoms with Crippen molar-refractivity contribution >= 4 is 16.7 Å². The largest absolute Gasteiger partial charge is 0.392 e. The van der Waals surface area contributed by atoms with E-state index in [9.17, 15) is 0 Å². The van der Waals surface area contributed by atoms with E-state index in [0.29, 0.717) is 5.92 Å². The number of hydrogen-bond acceptors (Lipinski definition) is 5. The molecule has 0 radical (unpaired) electrons. The van der Waals surface area contributed by atoms with Gasteiger partial charge < -0.3 is 14.3 Å². The number of aromatic nitrogens is 3. The molecular weight excluding hydrogens is 328 g/mol. The fraction of sp³-hybridized carbons (Fsp3) is 0.450. The first-order chi connectivity index (χ1) is 12.5. The van der Waals surface area contributed by atoms with E-state index in [4.69, 9.17) is 14.3 Å². The Bertz CT molecular complexity index is 1020. The minimum Gasteiger partial charge on any atom is -0.392 e. The van der Waals surface area contributed by atoms with E-state index >= 15 is 0 Å². The summed E-state index contributed by atoms with van der Waals surface area (Å²) < 4.78 is 5.40. The lowest BCUT2D eigenvalue weighted by molar-refractivity contribution is 0.0907. The quantitative estimate of drug-likeness (QED) is 0.749. The molecular formula is C20H22N4O2.